The minimum Gasteiger partial charge on any atom is -0.496 e. The van der Waals surface area contributed by atoms with Crippen molar-refractivity contribution in [1.82, 2.24) is 5.32 Å². The van der Waals surface area contributed by atoms with E-state index in [1.54, 1.807) is 19.6 Å². The molecule has 4 heteroatoms. The summed E-state index contributed by atoms with van der Waals surface area (Å²) in [6.45, 7) is 4.14. The molecule has 0 saturated heterocycles. The first-order valence-electron chi connectivity index (χ1n) is 6.13. The molecule has 2 rings (SSSR count). The van der Waals surface area contributed by atoms with Crippen LogP contribution in [0.25, 0.3) is 0 Å². The van der Waals surface area contributed by atoms with E-state index in [0.29, 0.717) is 0 Å². The molecule has 0 fully saturated rings. The second-order valence-corrected chi connectivity index (χ2v) is 5.38. The molecule has 0 aliphatic heterocycles. The summed E-state index contributed by atoms with van der Waals surface area (Å²) in [5, 5.41) is 3.33. The topological polar surface area (TPSA) is 34.4 Å². The van der Waals surface area contributed by atoms with Gasteiger partial charge < -0.3 is 14.5 Å². The van der Waals surface area contributed by atoms with E-state index in [1.807, 2.05) is 13.1 Å². The van der Waals surface area contributed by atoms with E-state index >= 15 is 0 Å². The first-order chi connectivity index (χ1) is 9.10. The molecule has 0 bridgehead atoms. The average Bonchev–Trinajstić information content (AvgIpc) is 2.90. The number of hydrogen-bond acceptors (Lipinski definition) is 3. The van der Waals surface area contributed by atoms with E-state index in [1.165, 1.54) is 5.56 Å². The molecule has 1 atom stereocenters. The van der Waals surface area contributed by atoms with E-state index < -0.39 is 0 Å². The van der Waals surface area contributed by atoms with Crippen LogP contribution >= 0.6 is 15.9 Å². The van der Waals surface area contributed by atoms with Gasteiger partial charge in [-0.3, -0.25) is 0 Å². The number of benzene rings is 1. The summed E-state index contributed by atoms with van der Waals surface area (Å²) in [6, 6.07) is 4.10. The van der Waals surface area contributed by atoms with Crippen molar-refractivity contribution in [3.8, 4) is 5.75 Å². The van der Waals surface area contributed by atoms with Crippen LogP contribution in [0.4, 0.5) is 0 Å². The van der Waals surface area contributed by atoms with Gasteiger partial charge in [0.05, 0.1) is 25.7 Å². The molecule has 1 aromatic heterocycles. The van der Waals surface area contributed by atoms with Crippen molar-refractivity contribution >= 4 is 15.9 Å². The Morgan fingerprint density at radius 3 is 2.63 bits per heavy atom. The van der Waals surface area contributed by atoms with Crippen molar-refractivity contribution < 1.29 is 9.15 Å². The molecule has 0 radical (unpaired) electrons. The summed E-state index contributed by atoms with van der Waals surface area (Å²) in [5.74, 6) is 0.918. The number of halogens is 1. The fourth-order valence-corrected chi connectivity index (χ4v) is 2.97. The van der Waals surface area contributed by atoms with Crippen LogP contribution in [0.2, 0.25) is 0 Å². The quantitative estimate of drug-likeness (QED) is 0.924. The number of hydrogen-bond donors (Lipinski definition) is 1. The van der Waals surface area contributed by atoms with Crippen molar-refractivity contribution in [2.75, 3.05) is 14.2 Å². The van der Waals surface area contributed by atoms with Crippen LogP contribution in [0, 0.1) is 13.8 Å². The molecular formula is C15H18BrNO2. The molecule has 3 nitrogen and oxygen atoms in total. The number of nitrogens with one attached hydrogen (secondary N) is 1. The van der Waals surface area contributed by atoms with Gasteiger partial charge in [0.25, 0.3) is 0 Å². The SMILES string of the molecule is CNC(c1ccoc1)c1c(C)c(Br)cc(C)c1OC. The van der Waals surface area contributed by atoms with Gasteiger partial charge in [-0.2, -0.15) is 0 Å². The van der Waals surface area contributed by atoms with Gasteiger partial charge in [-0.15, -0.1) is 0 Å². The van der Waals surface area contributed by atoms with Crippen LogP contribution in [0.5, 0.6) is 5.75 Å². The minimum absolute atomic E-state index is 0.0462. The lowest BCUT2D eigenvalue weighted by atomic mass is 9.94. The van der Waals surface area contributed by atoms with Crippen molar-refractivity contribution in [3.63, 3.8) is 0 Å². The Kier molecular flexibility index (Phi) is 4.32. The number of ether oxygens (including phenoxy) is 1. The third-order valence-electron chi connectivity index (χ3n) is 3.37. The molecular weight excluding hydrogens is 306 g/mol. The zero-order chi connectivity index (χ0) is 14.0. The maximum absolute atomic E-state index is 5.60. The molecule has 19 heavy (non-hydrogen) atoms. The third kappa shape index (κ3) is 2.55. The van der Waals surface area contributed by atoms with Crippen molar-refractivity contribution in [2.24, 2.45) is 0 Å². The largest absolute Gasteiger partial charge is 0.496 e. The van der Waals surface area contributed by atoms with E-state index in [2.05, 4.69) is 41.2 Å². The summed E-state index contributed by atoms with van der Waals surface area (Å²) >= 11 is 3.61. The monoisotopic (exact) mass is 323 g/mol. The van der Waals surface area contributed by atoms with Crippen LogP contribution < -0.4 is 10.1 Å². The third-order valence-corrected chi connectivity index (χ3v) is 4.19. The van der Waals surface area contributed by atoms with Crippen molar-refractivity contribution in [1.29, 1.82) is 0 Å². The normalized spacial score (nSPS) is 12.5. The van der Waals surface area contributed by atoms with Crippen LogP contribution in [-0.4, -0.2) is 14.2 Å². The zero-order valence-corrected chi connectivity index (χ0v) is 13.2. The summed E-state index contributed by atoms with van der Waals surface area (Å²) in [6.07, 6.45) is 3.45. The predicted molar refractivity (Wildman–Crippen MR) is 79.8 cm³/mol. The van der Waals surface area contributed by atoms with E-state index in [0.717, 1.165) is 26.9 Å². The van der Waals surface area contributed by atoms with Gasteiger partial charge in [-0.25, -0.2) is 0 Å². The summed E-state index contributed by atoms with van der Waals surface area (Å²) in [5.41, 5.74) is 4.50. The molecule has 1 N–H and O–H groups in total. The van der Waals surface area contributed by atoms with Gasteiger partial charge in [0.1, 0.15) is 5.75 Å². The Morgan fingerprint density at radius 2 is 2.11 bits per heavy atom. The molecule has 0 aliphatic carbocycles. The minimum atomic E-state index is 0.0462. The highest BCUT2D eigenvalue weighted by Crippen LogP contribution is 2.38. The van der Waals surface area contributed by atoms with Crippen molar-refractivity contribution in [2.45, 2.75) is 19.9 Å². The van der Waals surface area contributed by atoms with E-state index in [9.17, 15) is 0 Å². The Morgan fingerprint density at radius 1 is 1.37 bits per heavy atom. The summed E-state index contributed by atoms with van der Waals surface area (Å²) < 4.78 is 11.9. The van der Waals surface area contributed by atoms with Gasteiger partial charge in [0.2, 0.25) is 0 Å². The van der Waals surface area contributed by atoms with Gasteiger partial charge >= 0.3 is 0 Å². The molecule has 1 heterocycles. The van der Waals surface area contributed by atoms with E-state index in [-0.39, 0.29) is 6.04 Å². The standard InChI is InChI=1S/C15H18BrNO2/c1-9-7-12(16)10(2)13(15(9)18-4)14(17-3)11-5-6-19-8-11/h5-8,14,17H,1-4H3. The lowest BCUT2D eigenvalue weighted by Crippen LogP contribution is -2.19. The van der Waals surface area contributed by atoms with E-state index in [4.69, 9.17) is 9.15 Å². The van der Waals surface area contributed by atoms with Gasteiger partial charge in [-0.1, -0.05) is 15.9 Å². The fourth-order valence-electron chi connectivity index (χ4n) is 2.41. The maximum atomic E-state index is 5.60. The predicted octanol–water partition coefficient (Wildman–Crippen LogP) is 3.98. The van der Waals surface area contributed by atoms with Crippen molar-refractivity contribution in [3.05, 3.63) is 51.4 Å². The highest BCUT2D eigenvalue weighted by molar-refractivity contribution is 9.10. The number of methoxy groups -OCH3 is 1. The lowest BCUT2D eigenvalue weighted by molar-refractivity contribution is 0.401. The first kappa shape index (κ1) is 14.2. The Balaban J connectivity index is 2.65. The lowest BCUT2D eigenvalue weighted by Gasteiger charge is -2.23. The van der Waals surface area contributed by atoms with Gasteiger partial charge in [0.15, 0.2) is 0 Å². The molecule has 0 saturated carbocycles. The highest BCUT2D eigenvalue weighted by atomic mass is 79.9. The molecule has 0 amide bonds. The molecule has 1 aromatic carbocycles. The zero-order valence-electron chi connectivity index (χ0n) is 11.6. The van der Waals surface area contributed by atoms with Crippen LogP contribution in [0.3, 0.4) is 0 Å². The first-order valence-corrected chi connectivity index (χ1v) is 6.92. The van der Waals surface area contributed by atoms with Crippen LogP contribution in [0.15, 0.2) is 33.5 Å². The molecule has 102 valence electrons. The molecule has 0 spiro atoms. The summed E-state index contributed by atoms with van der Waals surface area (Å²) in [7, 11) is 3.65. The number of aryl methyl sites for hydroxylation is 1. The number of rotatable bonds is 4. The van der Waals surface area contributed by atoms with Gasteiger partial charge in [0, 0.05) is 15.6 Å². The Labute approximate surface area is 122 Å². The molecule has 0 aliphatic rings. The average molecular weight is 324 g/mol. The van der Waals surface area contributed by atoms with Gasteiger partial charge in [-0.05, 0) is 44.2 Å². The second-order valence-electron chi connectivity index (χ2n) is 4.53. The smallest absolute Gasteiger partial charge is 0.127 e. The Hall–Kier alpha value is -1.26. The molecule has 2 aromatic rings. The number of furan rings is 1. The van der Waals surface area contributed by atoms with Crippen LogP contribution in [-0.2, 0) is 0 Å². The maximum Gasteiger partial charge on any atom is 0.127 e. The Bertz CT molecular complexity index is 564. The van der Waals surface area contributed by atoms with Crippen LogP contribution in [0.1, 0.15) is 28.3 Å². The molecule has 1 unspecified atom stereocenters. The summed E-state index contributed by atoms with van der Waals surface area (Å²) in [4.78, 5) is 0. The second kappa shape index (κ2) is 5.80. The highest BCUT2D eigenvalue weighted by Gasteiger charge is 2.22. The fraction of sp³-hybridized carbons (Fsp3) is 0.333.